The lowest BCUT2D eigenvalue weighted by Crippen LogP contribution is -2.10. The van der Waals surface area contributed by atoms with E-state index in [1.807, 2.05) is 48.5 Å². The summed E-state index contributed by atoms with van der Waals surface area (Å²) in [5, 5.41) is 7.67. The van der Waals surface area contributed by atoms with Crippen molar-refractivity contribution in [2.45, 2.75) is 13.0 Å². The predicted molar refractivity (Wildman–Crippen MR) is 132 cm³/mol. The molecule has 0 saturated carbocycles. The molecule has 4 aromatic rings. The van der Waals surface area contributed by atoms with Crippen molar-refractivity contribution < 1.29 is 14.2 Å². The third-order valence-electron chi connectivity index (χ3n) is 5.33. The zero-order chi connectivity index (χ0) is 23.0. The van der Waals surface area contributed by atoms with Gasteiger partial charge in [0, 0.05) is 24.5 Å². The largest absolute Gasteiger partial charge is 0.497 e. The average molecular weight is 445 g/mol. The van der Waals surface area contributed by atoms with Crippen molar-refractivity contribution in [1.82, 2.24) is 9.97 Å². The molecule has 3 aromatic carbocycles. The van der Waals surface area contributed by atoms with Crippen LogP contribution in [0, 0.1) is 0 Å². The van der Waals surface area contributed by atoms with Crippen molar-refractivity contribution in [3.63, 3.8) is 0 Å². The number of fused-ring (bicyclic) bond motifs is 1. The molecule has 0 aliphatic heterocycles. The van der Waals surface area contributed by atoms with E-state index < -0.39 is 0 Å². The number of anilines is 2. The van der Waals surface area contributed by atoms with E-state index >= 15 is 0 Å². The minimum atomic E-state index is 0.549. The summed E-state index contributed by atoms with van der Waals surface area (Å²) in [6.07, 6.45) is 0.817. The predicted octanol–water partition coefficient (Wildman–Crippen LogP) is 4.92. The van der Waals surface area contributed by atoms with Crippen LogP contribution < -0.4 is 24.8 Å². The monoisotopic (exact) mass is 444 g/mol. The molecule has 0 unspecified atom stereocenters. The van der Waals surface area contributed by atoms with Crippen LogP contribution in [0.3, 0.4) is 0 Å². The maximum absolute atomic E-state index is 5.49. The van der Waals surface area contributed by atoms with Gasteiger partial charge in [-0.05, 0) is 35.7 Å². The lowest BCUT2D eigenvalue weighted by atomic mass is 10.1. The summed E-state index contributed by atoms with van der Waals surface area (Å²) in [5.74, 6) is 3.39. The van der Waals surface area contributed by atoms with Crippen molar-refractivity contribution in [3.05, 3.63) is 77.9 Å². The van der Waals surface area contributed by atoms with Crippen molar-refractivity contribution in [1.29, 1.82) is 0 Å². The summed E-state index contributed by atoms with van der Waals surface area (Å²) in [4.78, 5) is 9.47. The minimum absolute atomic E-state index is 0.549. The third kappa shape index (κ3) is 5.44. The second kappa shape index (κ2) is 10.5. The Morgan fingerprint density at radius 3 is 2.24 bits per heavy atom. The van der Waals surface area contributed by atoms with Gasteiger partial charge in [0.2, 0.25) is 5.95 Å². The number of rotatable bonds is 10. The first kappa shape index (κ1) is 22.2. The van der Waals surface area contributed by atoms with Gasteiger partial charge in [-0.3, -0.25) is 0 Å². The molecule has 0 bridgehead atoms. The fourth-order valence-corrected chi connectivity index (χ4v) is 3.60. The number of hydrogen-bond acceptors (Lipinski definition) is 7. The smallest absolute Gasteiger partial charge is 0.225 e. The molecule has 33 heavy (non-hydrogen) atoms. The molecule has 7 heteroatoms. The highest BCUT2D eigenvalue weighted by molar-refractivity contribution is 5.92. The van der Waals surface area contributed by atoms with Crippen LogP contribution in [0.15, 0.2) is 66.7 Å². The molecular weight excluding hydrogens is 416 g/mol. The molecule has 1 heterocycles. The number of nitrogens with zero attached hydrogens (tertiary/aromatic N) is 2. The average Bonchev–Trinajstić information content (AvgIpc) is 2.87. The molecule has 170 valence electrons. The molecular formula is C26H28N4O3. The zero-order valence-electron chi connectivity index (χ0n) is 19.1. The number of benzene rings is 3. The Morgan fingerprint density at radius 2 is 1.48 bits per heavy atom. The van der Waals surface area contributed by atoms with Crippen LogP contribution in [0.1, 0.15) is 11.1 Å². The number of methoxy groups -OCH3 is 3. The SMILES string of the molecule is COc1cccc(CCNc2nc(NCc3ccccc3)c3cc(OC)c(OC)cc3n2)c1. The summed E-state index contributed by atoms with van der Waals surface area (Å²) in [6, 6.07) is 22.0. The molecule has 7 nitrogen and oxygen atoms in total. The van der Waals surface area contributed by atoms with Crippen molar-refractivity contribution in [2.75, 3.05) is 38.5 Å². The number of hydrogen-bond donors (Lipinski definition) is 2. The molecule has 2 N–H and O–H groups in total. The molecule has 0 amide bonds. The lowest BCUT2D eigenvalue weighted by Gasteiger charge is -2.14. The Bertz CT molecular complexity index is 1220. The van der Waals surface area contributed by atoms with Gasteiger partial charge in [0.1, 0.15) is 11.6 Å². The third-order valence-corrected chi connectivity index (χ3v) is 5.33. The molecule has 0 spiro atoms. The van der Waals surface area contributed by atoms with E-state index in [2.05, 4.69) is 28.8 Å². The van der Waals surface area contributed by atoms with E-state index in [1.165, 1.54) is 5.56 Å². The van der Waals surface area contributed by atoms with Crippen LogP contribution in [-0.4, -0.2) is 37.8 Å². The molecule has 0 aliphatic rings. The Labute approximate surface area is 193 Å². The molecule has 4 rings (SSSR count). The zero-order valence-corrected chi connectivity index (χ0v) is 19.1. The molecule has 0 radical (unpaired) electrons. The summed E-state index contributed by atoms with van der Waals surface area (Å²) in [6.45, 7) is 1.33. The summed E-state index contributed by atoms with van der Waals surface area (Å²) < 4.78 is 16.3. The Kier molecular flexibility index (Phi) is 7.09. The Hall–Kier alpha value is -4.00. The van der Waals surface area contributed by atoms with Gasteiger partial charge in [0.05, 0.1) is 26.8 Å². The highest BCUT2D eigenvalue weighted by Crippen LogP contribution is 2.34. The second-order valence-corrected chi connectivity index (χ2v) is 7.49. The van der Waals surface area contributed by atoms with Crippen LogP contribution in [0.25, 0.3) is 10.9 Å². The van der Waals surface area contributed by atoms with Crippen LogP contribution in [0.5, 0.6) is 17.2 Å². The second-order valence-electron chi connectivity index (χ2n) is 7.49. The number of aromatic nitrogens is 2. The van der Waals surface area contributed by atoms with Crippen molar-refractivity contribution >= 4 is 22.7 Å². The maximum Gasteiger partial charge on any atom is 0.225 e. The van der Waals surface area contributed by atoms with E-state index in [0.717, 1.165) is 34.5 Å². The molecule has 0 saturated heterocycles. The van der Waals surface area contributed by atoms with E-state index in [9.17, 15) is 0 Å². The van der Waals surface area contributed by atoms with Crippen LogP contribution >= 0.6 is 0 Å². The Morgan fingerprint density at radius 1 is 0.727 bits per heavy atom. The van der Waals surface area contributed by atoms with E-state index in [0.29, 0.717) is 30.5 Å². The summed E-state index contributed by atoms with van der Waals surface area (Å²) in [7, 11) is 4.91. The number of ether oxygens (including phenoxy) is 3. The molecule has 0 fully saturated rings. The van der Waals surface area contributed by atoms with Crippen molar-refractivity contribution in [3.8, 4) is 17.2 Å². The van der Waals surface area contributed by atoms with Gasteiger partial charge in [-0.15, -0.1) is 0 Å². The van der Waals surface area contributed by atoms with Gasteiger partial charge in [-0.25, -0.2) is 4.98 Å². The van der Waals surface area contributed by atoms with Crippen LogP contribution in [0.2, 0.25) is 0 Å². The fraction of sp³-hybridized carbons (Fsp3) is 0.231. The summed E-state index contributed by atoms with van der Waals surface area (Å²) >= 11 is 0. The van der Waals surface area contributed by atoms with E-state index in [-0.39, 0.29) is 0 Å². The van der Waals surface area contributed by atoms with Gasteiger partial charge < -0.3 is 24.8 Å². The normalized spacial score (nSPS) is 10.6. The topological polar surface area (TPSA) is 77.5 Å². The van der Waals surface area contributed by atoms with E-state index in [4.69, 9.17) is 24.2 Å². The minimum Gasteiger partial charge on any atom is -0.497 e. The number of nitrogens with one attached hydrogen (secondary N) is 2. The van der Waals surface area contributed by atoms with Crippen molar-refractivity contribution in [2.24, 2.45) is 0 Å². The first-order valence-electron chi connectivity index (χ1n) is 10.8. The maximum atomic E-state index is 5.49. The van der Waals surface area contributed by atoms with E-state index in [1.54, 1.807) is 21.3 Å². The highest BCUT2D eigenvalue weighted by Gasteiger charge is 2.13. The quantitative estimate of drug-likeness (QED) is 0.359. The first-order chi connectivity index (χ1) is 16.2. The van der Waals surface area contributed by atoms with Gasteiger partial charge in [-0.1, -0.05) is 42.5 Å². The molecule has 0 atom stereocenters. The van der Waals surface area contributed by atoms with Gasteiger partial charge in [0.15, 0.2) is 11.5 Å². The molecule has 1 aromatic heterocycles. The fourth-order valence-electron chi connectivity index (χ4n) is 3.60. The summed E-state index contributed by atoms with van der Waals surface area (Å²) in [5.41, 5.74) is 3.11. The first-order valence-corrected chi connectivity index (χ1v) is 10.8. The standard InChI is InChI=1S/C26H28N4O3/c1-31-20-11-7-10-18(14-20)12-13-27-26-29-22-16-24(33-3)23(32-2)15-21(22)25(30-26)28-17-19-8-5-4-6-9-19/h4-11,14-16H,12-13,17H2,1-3H3,(H2,27,28,29,30). The lowest BCUT2D eigenvalue weighted by molar-refractivity contribution is 0.356. The Balaban J connectivity index is 1.59. The highest BCUT2D eigenvalue weighted by atomic mass is 16.5. The van der Waals surface area contributed by atoms with Gasteiger partial charge >= 0.3 is 0 Å². The van der Waals surface area contributed by atoms with Gasteiger partial charge in [0.25, 0.3) is 0 Å². The van der Waals surface area contributed by atoms with Gasteiger partial charge in [-0.2, -0.15) is 4.98 Å². The van der Waals surface area contributed by atoms with Crippen LogP contribution in [0.4, 0.5) is 11.8 Å². The molecule has 0 aliphatic carbocycles. The van der Waals surface area contributed by atoms with Crippen LogP contribution in [-0.2, 0) is 13.0 Å².